The lowest BCUT2D eigenvalue weighted by Gasteiger charge is -2.17. The second-order valence-corrected chi connectivity index (χ2v) is 5.65. The molecule has 2 nitrogen and oxygen atoms in total. The molecule has 1 atom stereocenters. The van der Waals surface area contributed by atoms with Crippen molar-refractivity contribution in [3.63, 3.8) is 0 Å². The largest absolute Gasteiger partial charge is 0.305 e. The molecule has 1 aromatic carbocycles. The zero-order chi connectivity index (χ0) is 13.8. The molecule has 0 aliphatic heterocycles. The van der Waals surface area contributed by atoms with E-state index in [1.54, 1.807) is 11.3 Å². The van der Waals surface area contributed by atoms with E-state index in [0.717, 1.165) is 24.2 Å². The summed E-state index contributed by atoms with van der Waals surface area (Å²) in [6.07, 6.45) is 1.12. The van der Waals surface area contributed by atoms with E-state index in [1.165, 1.54) is 10.9 Å². The minimum atomic E-state index is 0.186. The number of nitrogens with one attached hydrogen (secondary N) is 1. The SMILES string of the molecule is CCCNC(c1ccsc1)c1ccc2ccccc2n1. The quantitative estimate of drug-likeness (QED) is 0.751. The van der Waals surface area contributed by atoms with Gasteiger partial charge in [-0.3, -0.25) is 4.98 Å². The van der Waals surface area contributed by atoms with Gasteiger partial charge in [0.2, 0.25) is 0 Å². The van der Waals surface area contributed by atoms with Gasteiger partial charge in [-0.25, -0.2) is 0 Å². The maximum Gasteiger partial charge on any atom is 0.0759 e. The fourth-order valence-corrected chi connectivity index (χ4v) is 3.05. The number of nitrogens with zero attached hydrogens (tertiary/aromatic N) is 1. The Morgan fingerprint density at radius 3 is 2.85 bits per heavy atom. The van der Waals surface area contributed by atoms with Crippen LogP contribution in [0.3, 0.4) is 0 Å². The van der Waals surface area contributed by atoms with Crippen molar-refractivity contribution >= 4 is 22.2 Å². The van der Waals surface area contributed by atoms with Crippen LogP contribution < -0.4 is 5.32 Å². The fraction of sp³-hybridized carbons (Fsp3) is 0.235. The molecule has 0 spiro atoms. The predicted octanol–water partition coefficient (Wildman–Crippen LogP) is 4.39. The molecule has 20 heavy (non-hydrogen) atoms. The Balaban J connectivity index is 1.99. The van der Waals surface area contributed by atoms with E-state index in [1.807, 2.05) is 6.07 Å². The minimum absolute atomic E-state index is 0.186. The van der Waals surface area contributed by atoms with Gasteiger partial charge in [-0.05, 0) is 47.5 Å². The third kappa shape index (κ3) is 2.74. The van der Waals surface area contributed by atoms with Gasteiger partial charge in [-0.2, -0.15) is 11.3 Å². The van der Waals surface area contributed by atoms with Crippen LogP contribution in [-0.4, -0.2) is 11.5 Å². The summed E-state index contributed by atoms with van der Waals surface area (Å²) in [5, 5.41) is 9.11. The molecule has 0 bridgehead atoms. The molecular weight excluding hydrogens is 264 g/mol. The Hall–Kier alpha value is -1.71. The lowest BCUT2D eigenvalue weighted by atomic mass is 10.1. The van der Waals surface area contributed by atoms with Crippen molar-refractivity contribution in [2.24, 2.45) is 0 Å². The average molecular weight is 282 g/mol. The summed E-state index contributed by atoms with van der Waals surface area (Å²) in [7, 11) is 0. The summed E-state index contributed by atoms with van der Waals surface area (Å²) < 4.78 is 0. The van der Waals surface area contributed by atoms with Gasteiger partial charge in [0.25, 0.3) is 0 Å². The van der Waals surface area contributed by atoms with E-state index in [4.69, 9.17) is 4.98 Å². The highest BCUT2D eigenvalue weighted by Crippen LogP contribution is 2.24. The number of thiophene rings is 1. The van der Waals surface area contributed by atoms with Crippen molar-refractivity contribution in [1.29, 1.82) is 0 Å². The summed E-state index contributed by atoms with van der Waals surface area (Å²) in [6.45, 7) is 3.18. The molecule has 0 saturated heterocycles. The number of benzene rings is 1. The molecule has 0 fully saturated rings. The van der Waals surface area contributed by atoms with Crippen molar-refractivity contribution in [2.45, 2.75) is 19.4 Å². The van der Waals surface area contributed by atoms with Gasteiger partial charge >= 0.3 is 0 Å². The molecule has 0 saturated carbocycles. The topological polar surface area (TPSA) is 24.9 Å². The summed E-state index contributed by atoms with van der Waals surface area (Å²) in [4.78, 5) is 4.83. The van der Waals surface area contributed by atoms with Crippen LogP contribution in [0, 0.1) is 0 Å². The highest BCUT2D eigenvalue weighted by molar-refractivity contribution is 7.08. The van der Waals surface area contributed by atoms with E-state index in [-0.39, 0.29) is 6.04 Å². The van der Waals surface area contributed by atoms with Gasteiger partial charge in [-0.15, -0.1) is 0 Å². The molecule has 1 unspecified atom stereocenters. The average Bonchev–Trinajstić information content (AvgIpc) is 3.02. The molecule has 0 amide bonds. The fourth-order valence-electron chi connectivity index (χ4n) is 2.36. The first kappa shape index (κ1) is 13.3. The zero-order valence-corrected chi connectivity index (χ0v) is 12.4. The van der Waals surface area contributed by atoms with Gasteiger partial charge in [0, 0.05) is 5.39 Å². The van der Waals surface area contributed by atoms with Crippen LogP contribution in [0.25, 0.3) is 10.9 Å². The highest BCUT2D eigenvalue weighted by atomic mass is 32.1. The normalized spacial score (nSPS) is 12.7. The zero-order valence-electron chi connectivity index (χ0n) is 11.5. The van der Waals surface area contributed by atoms with Gasteiger partial charge in [0.15, 0.2) is 0 Å². The van der Waals surface area contributed by atoms with Crippen LogP contribution in [0.5, 0.6) is 0 Å². The van der Waals surface area contributed by atoms with Crippen LogP contribution in [-0.2, 0) is 0 Å². The number of hydrogen-bond acceptors (Lipinski definition) is 3. The lowest BCUT2D eigenvalue weighted by Crippen LogP contribution is -2.23. The first-order valence-corrected chi connectivity index (χ1v) is 7.94. The molecule has 3 heteroatoms. The van der Waals surface area contributed by atoms with Crippen molar-refractivity contribution in [1.82, 2.24) is 10.3 Å². The smallest absolute Gasteiger partial charge is 0.0759 e. The van der Waals surface area contributed by atoms with Crippen LogP contribution in [0.2, 0.25) is 0 Å². The molecule has 3 rings (SSSR count). The molecule has 3 aromatic rings. The van der Waals surface area contributed by atoms with Crippen molar-refractivity contribution < 1.29 is 0 Å². The third-order valence-corrected chi connectivity index (χ3v) is 4.09. The molecule has 0 aliphatic carbocycles. The number of fused-ring (bicyclic) bond motifs is 1. The van der Waals surface area contributed by atoms with Gasteiger partial charge in [0.1, 0.15) is 0 Å². The predicted molar refractivity (Wildman–Crippen MR) is 86.2 cm³/mol. The molecule has 0 aliphatic rings. The standard InChI is InChI=1S/C17H18N2S/c1-2-10-18-17(14-9-11-20-12-14)16-8-7-13-5-3-4-6-15(13)19-16/h3-9,11-12,17-18H,2,10H2,1H3. The third-order valence-electron chi connectivity index (χ3n) is 3.39. The van der Waals surface area contributed by atoms with E-state index in [9.17, 15) is 0 Å². The van der Waals surface area contributed by atoms with Crippen LogP contribution >= 0.6 is 11.3 Å². The van der Waals surface area contributed by atoms with Crippen molar-refractivity contribution in [3.05, 3.63) is 64.5 Å². The second kappa shape index (κ2) is 6.16. The number of hydrogen-bond donors (Lipinski definition) is 1. The summed E-state index contributed by atoms with van der Waals surface area (Å²) >= 11 is 1.73. The van der Waals surface area contributed by atoms with Gasteiger partial charge in [0.05, 0.1) is 17.3 Å². The second-order valence-electron chi connectivity index (χ2n) is 4.87. The molecular formula is C17H18N2S. The maximum atomic E-state index is 4.83. The Labute approximate surface area is 123 Å². The summed E-state index contributed by atoms with van der Waals surface area (Å²) in [5.74, 6) is 0. The van der Waals surface area contributed by atoms with E-state index >= 15 is 0 Å². The Morgan fingerprint density at radius 1 is 1.15 bits per heavy atom. The first-order chi connectivity index (χ1) is 9.88. The maximum absolute atomic E-state index is 4.83. The molecule has 2 heterocycles. The first-order valence-electron chi connectivity index (χ1n) is 6.99. The lowest BCUT2D eigenvalue weighted by molar-refractivity contribution is 0.589. The summed E-state index contributed by atoms with van der Waals surface area (Å²) in [5.41, 5.74) is 3.45. The van der Waals surface area contributed by atoms with E-state index in [0.29, 0.717) is 0 Å². The minimum Gasteiger partial charge on any atom is -0.305 e. The Morgan fingerprint density at radius 2 is 2.05 bits per heavy atom. The highest BCUT2D eigenvalue weighted by Gasteiger charge is 2.15. The Bertz CT molecular complexity index is 676. The van der Waals surface area contributed by atoms with Crippen LogP contribution in [0.15, 0.2) is 53.2 Å². The van der Waals surface area contributed by atoms with Crippen molar-refractivity contribution in [3.8, 4) is 0 Å². The Kier molecular flexibility index (Phi) is 4.09. The molecule has 102 valence electrons. The van der Waals surface area contributed by atoms with Crippen molar-refractivity contribution in [2.75, 3.05) is 6.54 Å². The van der Waals surface area contributed by atoms with Crippen LogP contribution in [0.4, 0.5) is 0 Å². The molecule has 0 radical (unpaired) electrons. The van der Waals surface area contributed by atoms with E-state index < -0.39 is 0 Å². The van der Waals surface area contributed by atoms with Gasteiger partial charge < -0.3 is 5.32 Å². The molecule has 1 N–H and O–H groups in total. The number of rotatable bonds is 5. The number of para-hydroxylation sites is 1. The molecule has 2 aromatic heterocycles. The van der Waals surface area contributed by atoms with E-state index in [2.05, 4.69) is 59.4 Å². The number of aromatic nitrogens is 1. The monoisotopic (exact) mass is 282 g/mol. The van der Waals surface area contributed by atoms with Gasteiger partial charge in [-0.1, -0.05) is 31.2 Å². The van der Waals surface area contributed by atoms with Crippen LogP contribution in [0.1, 0.15) is 30.6 Å². The number of pyridine rings is 1. The summed E-state index contributed by atoms with van der Waals surface area (Å²) in [6, 6.07) is 14.9.